The Kier molecular flexibility index (Phi) is 7.28. The zero-order valence-corrected chi connectivity index (χ0v) is 20.6. The molecule has 1 N–H and O–H groups in total. The summed E-state index contributed by atoms with van der Waals surface area (Å²) < 4.78 is 6.27. The van der Waals surface area contributed by atoms with E-state index in [4.69, 9.17) is 4.74 Å². The van der Waals surface area contributed by atoms with Gasteiger partial charge in [-0.3, -0.25) is 24.3 Å². The highest BCUT2D eigenvalue weighted by Gasteiger charge is 2.54. The maximum absolute atomic E-state index is 13.7. The number of rotatable bonds is 6. The summed E-state index contributed by atoms with van der Waals surface area (Å²) in [6, 6.07) is 21.5. The van der Waals surface area contributed by atoms with E-state index >= 15 is 0 Å². The maximum Gasteiger partial charge on any atom is 0.256 e. The summed E-state index contributed by atoms with van der Waals surface area (Å²) in [7, 11) is 0. The zero-order valence-electron chi connectivity index (χ0n) is 20.6. The molecule has 3 heterocycles. The molecule has 0 aliphatic carbocycles. The van der Waals surface area contributed by atoms with E-state index in [2.05, 4.69) is 10.3 Å². The Bertz CT molecular complexity index is 1230. The average Bonchev–Trinajstić information content (AvgIpc) is 3.31. The maximum atomic E-state index is 13.7. The summed E-state index contributed by atoms with van der Waals surface area (Å²) in [5.41, 5.74) is 1.46. The number of nitrogens with one attached hydrogen (secondary N) is 1. The first kappa shape index (κ1) is 24.6. The van der Waals surface area contributed by atoms with Crippen LogP contribution in [0.3, 0.4) is 0 Å². The van der Waals surface area contributed by atoms with Gasteiger partial charge in [-0.1, -0.05) is 48.5 Å². The molecule has 1 unspecified atom stereocenters. The fourth-order valence-electron chi connectivity index (χ4n) is 5.08. The molecule has 0 radical (unpaired) electrons. The van der Waals surface area contributed by atoms with E-state index in [0.717, 1.165) is 11.1 Å². The largest absolute Gasteiger partial charge is 0.353 e. The average molecular weight is 499 g/mol. The van der Waals surface area contributed by atoms with Crippen LogP contribution in [0.25, 0.3) is 0 Å². The SMILES string of the molecule is O=C(NCc1ccncc1)C1COC2(CCN(C(=O)Cc3ccccc3)CC2)N1C(=O)c1ccccc1. The van der Waals surface area contributed by atoms with Crippen LogP contribution in [0, 0.1) is 0 Å². The van der Waals surface area contributed by atoms with Crippen LogP contribution in [-0.4, -0.2) is 64.0 Å². The summed E-state index contributed by atoms with van der Waals surface area (Å²) >= 11 is 0. The molecule has 3 aromatic rings. The van der Waals surface area contributed by atoms with Crippen molar-refractivity contribution >= 4 is 17.7 Å². The molecule has 5 rings (SSSR count). The van der Waals surface area contributed by atoms with Gasteiger partial charge in [0.1, 0.15) is 11.8 Å². The number of aromatic nitrogens is 1. The molecule has 8 heteroatoms. The van der Waals surface area contributed by atoms with Crippen LogP contribution in [0.1, 0.15) is 34.3 Å². The summed E-state index contributed by atoms with van der Waals surface area (Å²) in [6.45, 7) is 1.35. The van der Waals surface area contributed by atoms with Crippen LogP contribution in [0.2, 0.25) is 0 Å². The number of nitrogens with zero attached hydrogens (tertiary/aromatic N) is 3. The highest BCUT2D eigenvalue weighted by molar-refractivity contribution is 5.98. The van der Waals surface area contributed by atoms with Crippen LogP contribution < -0.4 is 5.32 Å². The fraction of sp³-hybridized carbons (Fsp3) is 0.310. The second-order valence-electron chi connectivity index (χ2n) is 9.43. The molecule has 8 nitrogen and oxygen atoms in total. The Labute approximate surface area is 216 Å². The lowest BCUT2D eigenvalue weighted by Crippen LogP contribution is -2.59. The van der Waals surface area contributed by atoms with Crippen molar-refractivity contribution in [3.8, 4) is 0 Å². The van der Waals surface area contributed by atoms with Gasteiger partial charge in [0.2, 0.25) is 11.8 Å². The van der Waals surface area contributed by atoms with E-state index in [9.17, 15) is 14.4 Å². The standard InChI is InChI=1S/C29H30N4O4/c34-26(19-22-7-3-1-4-8-22)32-17-13-29(14-18-32)33(28(36)24-9-5-2-6-10-24)25(21-37-29)27(35)31-20-23-11-15-30-16-12-23/h1-12,15-16,25H,13-14,17-21H2,(H,31,35). The van der Waals surface area contributed by atoms with Crippen molar-refractivity contribution in [1.29, 1.82) is 0 Å². The quantitative estimate of drug-likeness (QED) is 0.564. The van der Waals surface area contributed by atoms with Gasteiger partial charge in [-0.2, -0.15) is 0 Å². The van der Waals surface area contributed by atoms with Gasteiger partial charge in [-0.15, -0.1) is 0 Å². The number of hydrogen-bond donors (Lipinski definition) is 1. The van der Waals surface area contributed by atoms with Gasteiger partial charge in [-0.05, 0) is 35.4 Å². The first-order valence-electron chi connectivity index (χ1n) is 12.6. The van der Waals surface area contributed by atoms with E-state index in [1.807, 2.05) is 53.4 Å². The van der Waals surface area contributed by atoms with Gasteiger partial charge >= 0.3 is 0 Å². The molecular formula is C29H30N4O4. The predicted octanol–water partition coefficient (Wildman–Crippen LogP) is 2.80. The van der Waals surface area contributed by atoms with E-state index in [0.29, 0.717) is 44.5 Å². The Morgan fingerprint density at radius 3 is 2.22 bits per heavy atom. The van der Waals surface area contributed by atoms with Crippen molar-refractivity contribution in [1.82, 2.24) is 20.1 Å². The van der Waals surface area contributed by atoms with Crippen molar-refractivity contribution in [3.05, 3.63) is 102 Å². The van der Waals surface area contributed by atoms with Gasteiger partial charge < -0.3 is 15.0 Å². The third kappa shape index (κ3) is 5.39. The highest BCUT2D eigenvalue weighted by atomic mass is 16.5. The molecule has 0 bridgehead atoms. The Morgan fingerprint density at radius 1 is 0.892 bits per heavy atom. The normalized spacial score (nSPS) is 18.5. The molecule has 2 aliphatic rings. The first-order chi connectivity index (χ1) is 18.1. The number of benzene rings is 2. The molecule has 1 aromatic heterocycles. The molecule has 3 amide bonds. The van der Waals surface area contributed by atoms with E-state index in [1.54, 1.807) is 41.6 Å². The Hall–Kier alpha value is -4.04. The minimum Gasteiger partial charge on any atom is -0.353 e. The second kappa shape index (κ2) is 10.9. The van der Waals surface area contributed by atoms with Gasteiger partial charge in [0.25, 0.3) is 5.91 Å². The van der Waals surface area contributed by atoms with Crippen molar-refractivity contribution in [3.63, 3.8) is 0 Å². The molecule has 0 saturated carbocycles. The summed E-state index contributed by atoms with van der Waals surface area (Å²) in [6.07, 6.45) is 4.57. The van der Waals surface area contributed by atoms with Crippen LogP contribution in [0.15, 0.2) is 85.2 Å². The van der Waals surface area contributed by atoms with Gasteiger partial charge in [0, 0.05) is 50.4 Å². The first-order valence-corrected chi connectivity index (χ1v) is 12.6. The zero-order chi connectivity index (χ0) is 25.7. The lowest BCUT2D eigenvalue weighted by molar-refractivity contribution is -0.143. The molecule has 2 aliphatic heterocycles. The number of piperidine rings is 1. The molecule has 190 valence electrons. The topological polar surface area (TPSA) is 91.8 Å². The summed E-state index contributed by atoms with van der Waals surface area (Å²) in [5, 5.41) is 2.95. The molecule has 2 saturated heterocycles. The van der Waals surface area contributed by atoms with Crippen LogP contribution in [-0.2, 0) is 27.3 Å². The summed E-state index contributed by atoms with van der Waals surface area (Å²) in [5.74, 6) is -0.460. The number of hydrogen-bond acceptors (Lipinski definition) is 5. The molecule has 37 heavy (non-hydrogen) atoms. The number of carbonyl (C=O) groups excluding carboxylic acids is 3. The van der Waals surface area contributed by atoms with Crippen molar-refractivity contribution in [2.45, 2.75) is 37.6 Å². The number of ether oxygens (including phenoxy) is 1. The van der Waals surface area contributed by atoms with Crippen molar-refractivity contribution < 1.29 is 19.1 Å². The van der Waals surface area contributed by atoms with E-state index in [1.165, 1.54) is 0 Å². The van der Waals surface area contributed by atoms with Crippen LogP contribution >= 0.6 is 0 Å². The Morgan fingerprint density at radius 2 is 1.54 bits per heavy atom. The van der Waals surface area contributed by atoms with E-state index in [-0.39, 0.29) is 24.3 Å². The second-order valence-corrected chi connectivity index (χ2v) is 9.43. The minimum absolute atomic E-state index is 0.0478. The molecule has 1 atom stereocenters. The third-order valence-electron chi connectivity index (χ3n) is 7.11. The molecule has 2 aromatic carbocycles. The number of likely N-dealkylation sites (tertiary alicyclic amines) is 1. The summed E-state index contributed by atoms with van der Waals surface area (Å²) in [4.78, 5) is 47.4. The fourth-order valence-corrected chi connectivity index (χ4v) is 5.08. The Balaban J connectivity index is 1.32. The van der Waals surface area contributed by atoms with Gasteiger partial charge in [-0.25, -0.2) is 0 Å². The molecule has 1 spiro atoms. The van der Waals surface area contributed by atoms with Gasteiger partial charge in [0.05, 0.1) is 13.0 Å². The third-order valence-corrected chi connectivity index (χ3v) is 7.11. The highest BCUT2D eigenvalue weighted by Crippen LogP contribution is 2.38. The van der Waals surface area contributed by atoms with Gasteiger partial charge in [0.15, 0.2) is 0 Å². The monoisotopic (exact) mass is 498 g/mol. The predicted molar refractivity (Wildman–Crippen MR) is 137 cm³/mol. The van der Waals surface area contributed by atoms with Crippen LogP contribution in [0.4, 0.5) is 0 Å². The number of pyridine rings is 1. The van der Waals surface area contributed by atoms with Crippen molar-refractivity contribution in [2.75, 3.05) is 19.7 Å². The minimum atomic E-state index is -0.935. The number of carbonyl (C=O) groups is 3. The van der Waals surface area contributed by atoms with Crippen LogP contribution in [0.5, 0.6) is 0 Å². The lowest BCUT2D eigenvalue weighted by atomic mass is 9.96. The molecule has 2 fully saturated rings. The van der Waals surface area contributed by atoms with E-state index < -0.39 is 11.8 Å². The number of amides is 3. The lowest BCUT2D eigenvalue weighted by Gasteiger charge is -2.44. The molecular weight excluding hydrogens is 468 g/mol. The smallest absolute Gasteiger partial charge is 0.256 e. The van der Waals surface area contributed by atoms with Crippen molar-refractivity contribution in [2.24, 2.45) is 0 Å².